The van der Waals surface area contributed by atoms with Crippen molar-refractivity contribution >= 4 is 0 Å². The Morgan fingerprint density at radius 3 is 2.18 bits per heavy atom. The van der Waals surface area contributed by atoms with E-state index in [-0.39, 0.29) is 0 Å². The fourth-order valence-corrected chi connectivity index (χ4v) is 1.66. The molecule has 1 heterocycles. The number of unbranched alkanes of at least 4 members (excludes halogenated alkanes) is 1. The van der Waals surface area contributed by atoms with E-state index in [1.165, 1.54) is 50.8 Å². The van der Waals surface area contributed by atoms with Gasteiger partial charge in [-0.15, -0.1) is 0 Å². The van der Waals surface area contributed by atoms with Gasteiger partial charge in [0.1, 0.15) is 0 Å². The van der Waals surface area contributed by atoms with Crippen LogP contribution in [0.4, 0.5) is 0 Å². The van der Waals surface area contributed by atoms with Gasteiger partial charge in [-0.3, -0.25) is 0 Å². The van der Waals surface area contributed by atoms with Crippen LogP contribution in [0.15, 0.2) is 24.0 Å². The molecule has 2 nitrogen and oxygen atoms in total. The van der Waals surface area contributed by atoms with Crippen LogP contribution in [0, 0.1) is 0 Å². The summed E-state index contributed by atoms with van der Waals surface area (Å²) < 4.78 is 0. The van der Waals surface area contributed by atoms with Crippen molar-refractivity contribution in [3.63, 3.8) is 0 Å². The summed E-state index contributed by atoms with van der Waals surface area (Å²) in [6.45, 7) is 8.89. The number of allylic oxidation sites excluding steroid dienone is 2. The zero-order valence-corrected chi connectivity index (χ0v) is 12.1. The first-order chi connectivity index (χ1) is 8.16. The fourth-order valence-electron chi connectivity index (χ4n) is 1.66. The summed E-state index contributed by atoms with van der Waals surface area (Å²) in [5, 5.41) is 3.28. The van der Waals surface area contributed by atoms with Crippen LogP contribution < -0.4 is 5.32 Å². The lowest BCUT2D eigenvalue weighted by Gasteiger charge is -2.08. The first kappa shape index (κ1) is 16.2. The Hall–Kier alpha value is -0.760. The van der Waals surface area contributed by atoms with Crippen LogP contribution in [-0.2, 0) is 0 Å². The largest absolute Gasteiger partial charge is 0.358 e. The minimum Gasteiger partial charge on any atom is -0.358 e. The van der Waals surface area contributed by atoms with Gasteiger partial charge in [-0.05, 0) is 52.4 Å². The summed E-state index contributed by atoms with van der Waals surface area (Å²) in [6, 6.07) is 0. The Balaban J connectivity index is 0.000000354. The highest BCUT2D eigenvalue weighted by atomic mass is 15.0. The summed E-state index contributed by atoms with van der Waals surface area (Å²) >= 11 is 0. The first-order valence-electron chi connectivity index (χ1n) is 6.91. The maximum absolute atomic E-state index is 3.28. The lowest BCUT2D eigenvalue weighted by atomic mass is 10.2. The topological polar surface area (TPSA) is 15.3 Å². The van der Waals surface area contributed by atoms with Gasteiger partial charge >= 0.3 is 0 Å². The van der Waals surface area contributed by atoms with Gasteiger partial charge in [0, 0.05) is 13.2 Å². The number of hydrogen-bond acceptors (Lipinski definition) is 2. The van der Waals surface area contributed by atoms with Crippen molar-refractivity contribution < 1.29 is 0 Å². The maximum atomic E-state index is 3.28. The minimum absolute atomic E-state index is 1.17. The Kier molecular flexibility index (Phi) is 11.2. The average molecular weight is 238 g/mol. The molecule has 0 saturated carbocycles. The molecule has 0 aliphatic carbocycles. The maximum Gasteiger partial charge on any atom is 0.0106 e. The number of nitrogens with one attached hydrogen (secondary N) is 1. The molecular weight excluding hydrogens is 208 g/mol. The highest BCUT2D eigenvalue weighted by Gasteiger charge is 1.93. The number of hydrogen-bond donors (Lipinski definition) is 1. The van der Waals surface area contributed by atoms with Crippen LogP contribution >= 0.6 is 0 Å². The van der Waals surface area contributed by atoms with E-state index in [1.54, 1.807) is 0 Å². The molecular formula is C15H30N2. The van der Waals surface area contributed by atoms with Gasteiger partial charge in [0.15, 0.2) is 0 Å². The van der Waals surface area contributed by atoms with Crippen LogP contribution in [0.25, 0.3) is 0 Å². The Bertz CT molecular complexity index is 199. The van der Waals surface area contributed by atoms with E-state index >= 15 is 0 Å². The molecule has 0 amide bonds. The molecule has 0 bridgehead atoms. The molecule has 100 valence electrons. The molecule has 0 aromatic rings. The first-order valence-corrected chi connectivity index (χ1v) is 6.91. The molecule has 1 N–H and O–H groups in total. The van der Waals surface area contributed by atoms with Crippen molar-refractivity contribution in [3.05, 3.63) is 24.0 Å². The van der Waals surface area contributed by atoms with Gasteiger partial charge in [-0.1, -0.05) is 31.4 Å². The van der Waals surface area contributed by atoms with Crippen LogP contribution in [0.2, 0.25) is 0 Å². The van der Waals surface area contributed by atoms with Crippen molar-refractivity contribution in [1.29, 1.82) is 0 Å². The minimum atomic E-state index is 1.17. The van der Waals surface area contributed by atoms with Crippen LogP contribution in [0.1, 0.15) is 52.9 Å². The monoisotopic (exact) mass is 238 g/mol. The lowest BCUT2D eigenvalue weighted by Crippen LogP contribution is -2.21. The molecule has 1 saturated heterocycles. The number of rotatable bonds is 4. The average Bonchev–Trinajstić information content (AvgIpc) is 2.31. The predicted octanol–water partition coefficient (Wildman–Crippen LogP) is 3.92. The van der Waals surface area contributed by atoms with E-state index in [2.05, 4.69) is 56.5 Å². The van der Waals surface area contributed by atoms with Crippen LogP contribution in [0.3, 0.4) is 0 Å². The SMILES string of the molecule is C1CCNCC1.CCC/C=C\N(C)C=C(C)C. The molecule has 0 radical (unpaired) electrons. The third kappa shape index (κ3) is 13.2. The van der Waals surface area contributed by atoms with E-state index < -0.39 is 0 Å². The van der Waals surface area contributed by atoms with E-state index in [4.69, 9.17) is 0 Å². The molecule has 1 rings (SSSR count). The zero-order chi connectivity index (χ0) is 12.9. The zero-order valence-electron chi connectivity index (χ0n) is 12.1. The van der Waals surface area contributed by atoms with E-state index in [1.807, 2.05) is 0 Å². The lowest BCUT2D eigenvalue weighted by molar-refractivity contribution is 0.520. The highest BCUT2D eigenvalue weighted by Crippen LogP contribution is 1.96. The molecule has 1 aliphatic rings. The quantitative estimate of drug-likeness (QED) is 0.798. The summed E-state index contributed by atoms with van der Waals surface area (Å²) in [5.41, 5.74) is 1.33. The van der Waals surface area contributed by atoms with Gasteiger partial charge in [0.2, 0.25) is 0 Å². The standard InChI is InChI=1S/C10H19N.C5H11N/c1-5-6-7-8-11(4)9-10(2)3;1-2-4-6-5-3-1/h7-9H,5-6H2,1-4H3;6H,1-5H2/b8-7-;. The molecule has 0 spiro atoms. The van der Waals surface area contributed by atoms with Gasteiger partial charge in [-0.25, -0.2) is 0 Å². The fraction of sp³-hybridized carbons (Fsp3) is 0.733. The molecule has 0 aromatic heterocycles. The normalized spacial score (nSPS) is 15.1. The van der Waals surface area contributed by atoms with Crippen molar-refractivity contribution in [2.45, 2.75) is 52.9 Å². The van der Waals surface area contributed by atoms with Crippen molar-refractivity contribution in [1.82, 2.24) is 10.2 Å². The van der Waals surface area contributed by atoms with Gasteiger partial charge in [0.25, 0.3) is 0 Å². The summed E-state index contributed by atoms with van der Waals surface area (Å²) in [4.78, 5) is 2.09. The molecule has 2 heteroatoms. The van der Waals surface area contributed by atoms with Crippen molar-refractivity contribution in [3.8, 4) is 0 Å². The van der Waals surface area contributed by atoms with E-state index in [0.717, 1.165) is 0 Å². The Morgan fingerprint density at radius 1 is 1.18 bits per heavy atom. The third-order valence-electron chi connectivity index (χ3n) is 2.46. The second kappa shape index (κ2) is 11.7. The summed E-state index contributed by atoms with van der Waals surface area (Å²) in [5.74, 6) is 0. The summed E-state index contributed by atoms with van der Waals surface area (Å²) in [7, 11) is 2.05. The highest BCUT2D eigenvalue weighted by molar-refractivity contribution is 4.96. The van der Waals surface area contributed by atoms with Crippen LogP contribution in [0.5, 0.6) is 0 Å². The molecule has 0 aromatic carbocycles. The molecule has 0 atom stereocenters. The predicted molar refractivity (Wildman–Crippen MR) is 78.0 cm³/mol. The van der Waals surface area contributed by atoms with Crippen molar-refractivity contribution in [2.24, 2.45) is 0 Å². The molecule has 0 unspecified atom stereocenters. The Labute approximate surface area is 108 Å². The molecule has 1 fully saturated rings. The molecule has 1 aliphatic heterocycles. The number of piperidine rings is 1. The summed E-state index contributed by atoms with van der Waals surface area (Å²) in [6.07, 6.45) is 13.0. The van der Waals surface area contributed by atoms with Gasteiger partial charge in [0.05, 0.1) is 0 Å². The second-order valence-electron chi connectivity index (χ2n) is 4.86. The van der Waals surface area contributed by atoms with E-state index in [0.29, 0.717) is 0 Å². The molecule has 17 heavy (non-hydrogen) atoms. The smallest absolute Gasteiger partial charge is 0.0106 e. The van der Waals surface area contributed by atoms with Gasteiger partial charge < -0.3 is 10.2 Å². The number of nitrogens with zero attached hydrogens (tertiary/aromatic N) is 1. The van der Waals surface area contributed by atoms with Gasteiger partial charge in [-0.2, -0.15) is 0 Å². The van der Waals surface area contributed by atoms with E-state index in [9.17, 15) is 0 Å². The van der Waals surface area contributed by atoms with Crippen molar-refractivity contribution in [2.75, 3.05) is 20.1 Å². The second-order valence-corrected chi connectivity index (χ2v) is 4.86. The Morgan fingerprint density at radius 2 is 1.82 bits per heavy atom. The third-order valence-corrected chi connectivity index (χ3v) is 2.46. The van der Waals surface area contributed by atoms with Crippen LogP contribution in [-0.4, -0.2) is 25.0 Å².